The van der Waals surface area contributed by atoms with Crippen molar-refractivity contribution < 1.29 is 19.0 Å². The van der Waals surface area contributed by atoms with Crippen molar-refractivity contribution in [1.82, 2.24) is 9.97 Å². The number of carbonyl (C=O) groups is 1. The van der Waals surface area contributed by atoms with Gasteiger partial charge in [-0.05, 0) is 62.8 Å². The number of benzene rings is 1. The van der Waals surface area contributed by atoms with E-state index in [0.717, 1.165) is 42.5 Å². The van der Waals surface area contributed by atoms with Gasteiger partial charge in [-0.3, -0.25) is 0 Å². The van der Waals surface area contributed by atoms with Gasteiger partial charge in [-0.15, -0.1) is 0 Å². The Bertz CT molecular complexity index is 1170. The predicted octanol–water partition coefficient (Wildman–Crippen LogP) is 4.26. The van der Waals surface area contributed by atoms with Gasteiger partial charge in [0.2, 0.25) is 0 Å². The number of hydrogen-bond donors (Lipinski definition) is 1. The maximum absolute atomic E-state index is 13.0. The summed E-state index contributed by atoms with van der Waals surface area (Å²) >= 11 is 0. The molecule has 0 bridgehead atoms. The SMILES string of the molecule is CCOC(=O)c1c(C)nc2nc3c(c(N)c2c1-c1ccc(OC)c(OC)c1)CCCC3. The van der Waals surface area contributed by atoms with Gasteiger partial charge in [0, 0.05) is 16.9 Å². The summed E-state index contributed by atoms with van der Waals surface area (Å²) in [5.74, 6) is 0.723. The highest BCUT2D eigenvalue weighted by atomic mass is 16.5. The molecule has 2 heterocycles. The molecule has 0 radical (unpaired) electrons. The Labute approximate surface area is 181 Å². The van der Waals surface area contributed by atoms with E-state index in [1.54, 1.807) is 28.1 Å². The monoisotopic (exact) mass is 421 g/mol. The summed E-state index contributed by atoms with van der Waals surface area (Å²) in [4.78, 5) is 22.5. The highest BCUT2D eigenvalue weighted by Gasteiger charge is 2.27. The van der Waals surface area contributed by atoms with Crippen LogP contribution in [0.4, 0.5) is 5.69 Å². The average Bonchev–Trinajstić information content (AvgIpc) is 2.78. The second kappa shape index (κ2) is 8.41. The molecule has 7 heteroatoms. The number of fused-ring (bicyclic) bond motifs is 2. The summed E-state index contributed by atoms with van der Waals surface area (Å²) in [6, 6.07) is 5.54. The molecule has 0 saturated carbocycles. The van der Waals surface area contributed by atoms with Crippen LogP contribution >= 0.6 is 0 Å². The summed E-state index contributed by atoms with van der Waals surface area (Å²) in [7, 11) is 3.16. The molecule has 1 aliphatic rings. The van der Waals surface area contributed by atoms with Gasteiger partial charge in [0.15, 0.2) is 17.1 Å². The third-order valence-corrected chi connectivity index (χ3v) is 5.78. The lowest BCUT2D eigenvalue weighted by Crippen LogP contribution is -2.15. The number of rotatable bonds is 5. The minimum absolute atomic E-state index is 0.263. The molecule has 162 valence electrons. The Hall–Kier alpha value is -3.35. The lowest BCUT2D eigenvalue weighted by Gasteiger charge is -2.22. The molecule has 1 aliphatic carbocycles. The van der Waals surface area contributed by atoms with Crippen molar-refractivity contribution in [3.05, 3.63) is 40.7 Å². The van der Waals surface area contributed by atoms with Crippen LogP contribution in [0.5, 0.6) is 11.5 Å². The predicted molar refractivity (Wildman–Crippen MR) is 120 cm³/mol. The number of methoxy groups -OCH3 is 2. The van der Waals surface area contributed by atoms with E-state index in [0.29, 0.717) is 45.0 Å². The van der Waals surface area contributed by atoms with E-state index in [2.05, 4.69) is 4.98 Å². The first kappa shape index (κ1) is 20.9. The fourth-order valence-electron chi connectivity index (χ4n) is 4.34. The topological polar surface area (TPSA) is 96.6 Å². The standard InChI is InChI=1S/C24H27N3O4/c1-5-31-24(28)19-13(2)26-23-21(22(25)15-8-6-7-9-16(15)27-23)20(19)14-10-11-17(29-3)18(12-14)30-4/h10-12H,5-9H2,1-4H3,(H2,25,26,27). The zero-order chi connectivity index (χ0) is 22.1. The number of hydrogen-bond acceptors (Lipinski definition) is 7. The number of aromatic nitrogens is 2. The Balaban J connectivity index is 2.11. The molecule has 0 fully saturated rings. The maximum atomic E-state index is 13.0. The minimum atomic E-state index is -0.434. The number of nitrogen functional groups attached to an aromatic ring is 1. The molecule has 4 rings (SSSR count). The molecule has 31 heavy (non-hydrogen) atoms. The lowest BCUT2D eigenvalue weighted by molar-refractivity contribution is 0.0526. The van der Waals surface area contributed by atoms with Crippen LogP contribution in [0.25, 0.3) is 22.2 Å². The molecule has 2 N–H and O–H groups in total. The van der Waals surface area contributed by atoms with Crippen molar-refractivity contribution in [3.63, 3.8) is 0 Å². The highest BCUT2D eigenvalue weighted by Crippen LogP contribution is 2.42. The number of anilines is 1. The van der Waals surface area contributed by atoms with Crippen molar-refractivity contribution in [2.75, 3.05) is 26.6 Å². The minimum Gasteiger partial charge on any atom is -0.493 e. The molecular weight excluding hydrogens is 394 g/mol. The summed E-state index contributed by atoms with van der Waals surface area (Å²) in [6.45, 7) is 3.84. The fourth-order valence-corrected chi connectivity index (χ4v) is 4.34. The van der Waals surface area contributed by atoms with Crippen LogP contribution in [0.3, 0.4) is 0 Å². The second-order valence-electron chi connectivity index (χ2n) is 7.59. The first-order valence-corrected chi connectivity index (χ1v) is 10.5. The number of carbonyl (C=O) groups excluding carboxylic acids is 1. The number of ether oxygens (including phenoxy) is 3. The van der Waals surface area contributed by atoms with Crippen LogP contribution in [0.15, 0.2) is 18.2 Å². The first-order chi connectivity index (χ1) is 15.0. The van der Waals surface area contributed by atoms with E-state index >= 15 is 0 Å². The second-order valence-corrected chi connectivity index (χ2v) is 7.59. The van der Waals surface area contributed by atoms with Crippen LogP contribution in [0.2, 0.25) is 0 Å². The Morgan fingerprint density at radius 2 is 1.84 bits per heavy atom. The summed E-state index contributed by atoms with van der Waals surface area (Å²) < 4.78 is 16.3. The van der Waals surface area contributed by atoms with Gasteiger partial charge in [-0.25, -0.2) is 14.8 Å². The fraction of sp³-hybridized carbons (Fsp3) is 0.375. The lowest BCUT2D eigenvalue weighted by atomic mass is 9.89. The zero-order valence-electron chi connectivity index (χ0n) is 18.4. The van der Waals surface area contributed by atoms with Crippen molar-refractivity contribution in [3.8, 4) is 22.6 Å². The molecule has 0 amide bonds. The van der Waals surface area contributed by atoms with E-state index in [-0.39, 0.29) is 6.61 Å². The van der Waals surface area contributed by atoms with Crippen molar-refractivity contribution >= 4 is 22.7 Å². The highest BCUT2D eigenvalue weighted by molar-refractivity contribution is 6.11. The normalized spacial score (nSPS) is 13.0. The molecule has 0 aliphatic heterocycles. The first-order valence-electron chi connectivity index (χ1n) is 10.5. The van der Waals surface area contributed by atoms with Crippen LogP contribution in [0.1, 0.15) is 47.1 Å². The molecule has 2 aromatic heterocycles. The number of nitrogens with zero attached hydrogens (tertiary/aromatic N) is 2. The van der Waals surface area contributed by atoms with Crippen LogP contribution in [0, 0.1) is 6.92 Å². The Morgan fingerprint density at radius 1 is 1.10 bits per heavy atom. The zero-order valence-corrected chi connectivity index (χ0v) is 18.4. The van der Waals surface area contributed by atoms with Crippen LogP contribution < -0.4 is 15.2 Å². The molecule has 0 saturated heterocycles. The number of aryl methyl sites for hydroxylation is 2. The van der Waals surface area contributed by atoms with Gasteiger partial charge in [0.1, 0.15) is 0 Å². The average molecular weight is 421 g/mol. The van der Waals surface area contributed by atoms with Gasteiger partial charge in [0.25, 0.3) is 0 Å². The molecule has 1 aromatic carbocycles. The van der Waals surface area contributed by atoms with Gasteiger partial charge < -0.3 is 19.9 Å². The van der Waals surface area contributed by atoms with Crippen molar-refractivity contribution in [2.45, 2.75) is 39.5 Å². The summed E-state index contributed by atoms with van der Waals surface area (Å²) in [5, 5.41) is 0.682. The molecule has 7 nitrogen and oxygen atoms in total. The third-order valence-electron chi connectivity index (χ3n) is 5.78. The van der Waals surface area contributed by atoms with Gasteiger partial charge >= 0.3 is 5.97 Å². The van der Waals surface area contributed by atoms with E-state index in [1.807, 2.05) is 18.2 Å². The van der Waals surface area contributed by atoms with E-state index < -0.39 is 5.97 Å². The van der Waals surface area contributed by atoms with E-state index in [4.69, 9.17) is 24.9 Å². The number of nitrogens with two attached hydrogens (primary N) is 1. The van der Waals surface area contributed by atoms with Crippen LogP contribution in [-0.2, 0) is 17.6 Å². The summed E-state index contributed by atoms with van der Waals surface area (Å²) in [5.41, 5.74) is 12.3. The Morgan fingerprint density at radius 3 is 2.55 bits per heavy atom. The van der Waals surface area contributed by atoms with E-state index in [1.165, 1.54) is 0 Å². The molecule has 3 aromatic rings. The van der Waals surface area contributed by atoms with Gasteiger partial charge in [-0.2, -0.15) is 0 Å². The van der Waals surface area contributed by atoms with Crippen molar-refractivity contribution in [2.24, 2.45) is 0 Å². The molecule has 0 unspecified atom stereocenters. The number of esters is 1. The van der Waals surface area contributed by atoms with Gasteiger partial charge in [0.05, 0.1) is 37.5 Å². The van der Waals surface area contributed by atoms with Gasteiger partial charge in [-0.1, -0.05) is 6.07 Å². The third kappa shape index (κ3) is 3.54. The van der Waals surface area contributed by atoms with Crippen molar-refractivity contribution in [1.29, 1.82) is 0 Å². The Kier molecular flexibility index (Phi) is 5.67. The maximum Gasteiger partial charge on any atom is 0.340 e. The quantitative estimate of drug-likeness (QED) is 0.615. The van der Waals surface area contributed by atoms with E-state index in [9.17, 15) is 4.79 Å². The van der Waals surface area contributed by atoms with Crippen LogP contribution in [-0.4, -0.2) is 36.8 Å². The molecular formula is C24H27N3O4. The molecule has 0 spiro atoms. The number of pyridine rings is 2. The smallest absolute Gasteiger partial charge is 0.340 e. The largest absolute Gasteiger partial charge is 0.493 e. The molecule has 0 atom stereocenters. The summed E-state index contributed by atoms with van der Waals surface area (Å²) in [6.07, 6.45) is 3.92.